The van der Waals surface area contributed by atoms with Gasteiger partial charge in [-0.05, 0) is 37.1 Å². The number of hydrogen-bond acceptors (Lipinski definition) is 4. The maximum Gasteiger partial charge on any atom is 0.169 e. The first-order chi connectivity index (χ1) is 10.1. The van der Waals surface area contributed by atoms with E-state index in [1.165, 1.54) is 19.2 Å². The Morgan fingerprint density at radius 1 is 1.52 bits per heavy atom. The monoisotopic (exact) mass is 310 g/mol. The van der Waals surface area contributed by atoms with Gasteiger partial charge in [0.2, 0.25) is 0 Å². The van der Waals surface area contributed by atoms with Gasteiger partial charge in [0, 0.05) is 24.3 Å². The van der Waals surface area contributed by atoms with Gasteiger partial charge in [-0.1, -0.05) is 0 Å². The molecular weight excluding hydrogens is 291 g/mol. The fraction of sp³-hybridized carbons (Fsp3) is 0.562. The van der Waals surface area contributed by atoms with Crippen LogP contribution in [-0.4, -0.2) is 36.6 Å². The van der Waals surface area contributed by atoms with Gasteiger partial charge in [0.05, 0.1) is 18.3 Å². The van der Waals surface area contributed by atoms with Crippen molar-refractivity contribution >= 4 is 17.5 Å². The summed E-state index contributed by atoms with van der Waals surface area (Å²) in [6.45, 7) is 0.592. The molecule has 2 heterocycles. The van der Waals surface area contributed by atoms with Gasteiger partial charge < -0.3 is 9.47 Å². The van der Waals surface area contributed by atoms with E-state index < -0.39 is 5.82 Å². The zero-order chi connectivity index (χ0) is 14.9. The number of Topliss-reactive ketones (excluding diaryl/α,β-unsaturated/α-hetero) is 1. The molecule has 3 nitrogen and oxygen atoms in total. The van der Waals surface area contributed by atoms with Crippen molar-refractivity contribution in [2.45, 2.75) is 24.9 Å². The van der Waals surface area contributed by atoms with E-state index in [2.05, 4.69) is 0 Å². The summed E-state index contributed by atoms with van der Waals surface area (Å²) in [5.41, 5.74) is 0.00938. The second-order valence-corrected chi connectivity index (χ2v) is 6.84. The number of carbonyl (C=O) groups excluding carboxylic acids is 1. The van der Waals surface area contributed by atoms with E-state index in [1.807, 2.05) is 11.8 Å². The third kappa shape index (κ3) is 2.94. The summed E-state index contributed by atoms with van der Waals surface area (Å²) in [4.78, 5) is 12.6. The summed E-state index contributed by atoms with van der Waals surface area (Å²) in [7, 11) is 1.48. The number of halogens is 1. The molecule has 0 N–H and O–H groups in total. The van der Waals surface area contributed by atoms with Crippen LogP contribution in [0.4, 0.5) is 4.39 Å². The van der Waals surface area contributed by atoms with Gasteiger partial charge in [-0.3, -0.25) is 4.79 Å². The lowest BCUT2D eigenvalue weighted by atomic mass is 9.81. The standard InChI is InChI=1S/C16H19FO3S/c1-19-12-2-3-13(14(17)8-12)15(18)11-4-6-20-16(9-11)5-7-21-10-16/h2-3,8,11H,4-7,9-10H2,1H3. The molecule has 0 saturated carbocycles. The van der Waals surface area contributed by atoms with Crippen LogP contribution in [0.3, 0.4) is 0 Å². The number of hydrogen-bond donors (Lipinski definition) is 0. The zero-order valence-corrected chi connectivity index (χ0v) is 12.9. The molecule has 2 fully saturated rings. The van der Waals surface area contributed by atoms with Crippen LogP contribution in [0.25, 0.3) is 0 Å². The molecule has 5 heteroatoms. The van der Waals surface area contributed by atoms with Crippen LogP contribution in [0.5, 0.6) is 5.75 Å². The SMILES string of the molecule is COc1ccc(C(=O)C2CCOC3(CCSC3)C2)c(F)c1. The Balaban J connectivity index is 1.78. The molecular formula is C16H19FO3S. The summed E-state index contributed by atoms with van der Waals surface area (Å²) in [5.74, 6) is 1.72. The molecule has 21 heavy (non-hydrogen) atoms. The van der Waals surface area contributed by atoms with E-state index in [0.29, 0.717) is 25.2 Å². The maximum atomic E-state index is 14.1. The molecule has 0 radical (unpaired) electrons. The Morgan fingerprint density at radius 3 is 3.05 bits per heavy atom. The minimum absolute atomic E-state index is 0.102. The summed E-state index contributed by atoms with van der Waals surface area (Å²) in [5, 5.41) is 0. The number of thioether (sulfide) groups is 1. The fourth-order valence-corrected chi connectivity index (χ4v) is 4.54. The van der Waals surface area contributed by atoms with Crippen LogP contribution in [0, 0.1) is 11.7 Å². The predicted molar refractivity (Wildman–Crippen MR) is 80.6 cm³/mol. The van der Waals surface area contributed by atoms with Crippen molar-refractivity contribution in [1.29, 1.82) is 0 Å². The average molecular weight is 310 g/mol. The molecule has 2 aliphatic rings. The maximum absolute atomic E-state index is 14.1. The number of rotatable bonds is 3. The quantitative estimate of drug-likeness (QED) is 0.802. The van der Waals surface area contributed by atoms with E-state index in [-0.39, 0.29) is 22.9 Å². The molecule has 2 atom stereocenters. The van der Waals surface area contributed by atoms with Gasteiger partial charge in [0.15, 0.2) is 5.78 Å². The summed E-state index contributed by atoms with van der Waals surface area (Å²) >= 11 is 1.87. The van der Waals surface area contributed by atoms with Crippen LogP contribution in [-0.2, 0) is 4.74 Å². The highest BCUT2D eigenvalue weighted by Crippen LogP contribution is 2.41. The first-order valence-corrected chi connectivity index (χ1v) is 8.38. The molecule has 2 aliphatic heterocycles. The normalized spacial score (nSPS) is 28.8. The second kappa shape index (κ2) is 5.97. The van der Waals surface area contributed by atoms with Gasteiger partial charge in [-0.2, -0.15) is 11.8 Å². The number of methoxy groups -OCH3 is 1. The molecule has 0 amide bonds. The molecule has 0 aromatic heterocycles. The van der Waals surface area contributed by atoms with Crippen molar-refractivity contribution in [3.05, 3.63) is 29.6 Å². The van der Waals surface area contributed by atoms with Crippen molar-refractivity contribution in [2.24, 2.45) is 5.92 Å². The van der Waals surface area contributed by atoms with E-state index in [1.54, 1.807) is 6.07 Å². The Kier molecular flexibility index (Phi) is 4.22. The molecule has 1 aromatic carbocycles. The minimum Gasteiger partial charge on any atom is -0.497 e. The van der Waals surface area contributed by atoms with Crippen LogP contribution in [0.15, 0.2) is 18.2 Å². The van der Waals surface area contributed by atoms with Gasteiger partial charge in [0.1, 0.15) is 11.6 Å². The minimum atomic E-state index is -0.499. The van der Waals surface area contributed by atoms with Gasteiger partial charge in [0.25, 0.3) is 0 Å². The lowest BCUT2D eigenvalue weighted by Gasteiger charge is -2.37. The Morgan fingerprint density at radius 2 is 2.38 bits per heavy atom. The topological polar surface area (TPSA) is 35.5 Å². The first-order valence-electron chi connectivity index (χ1n) is 7.23. The van der Waals surface area contributed by atoms with Crippen molar-refractivity contribution in [2.75, 3.05) is 25.2 Å². The van der Waals surface area contributed by atoms with Crippen molar-refractivity contribution in [1.82, 2.24) is 0 Å². The number of ether oxygens (including phenoxy) is 2. The molecule has 2 unspecified atom stereocenters. The van der Waals surface area contributed by atoms with Gasteiger partial charge in [-0.25, -0.2) is 4.39 Å². The molecule has 0 bridgehead atoms. The van der Waals surface area contributed by atoms with E-state index >= 15 is 0 Å². The first kappa shape index (κ1) is 14.9. The van der Waals surface area contributed by atoms with Gasteiger partial charge in [-0.15, -0.1) is 0 Å². The van der Waals surface area contributed by atoms with Crippen LogP contribution in [0.2, 0.25) is 0 Å². The van der Waals surface area contributed by atoms with Crippen LogP contribution < -0.4 is 4.74 Å². The zero-order valence-electron chi connectivity index (χ0n) is 12.1. The highest BCUT2D eigenvalue weighted by molar-refractivity contribution is 7.99. The number of carbonyl (C=O) groups is 1. The smallest absolute Gasteiger partial charge is 0.169 e. The molecule has 1 spiro atoms. The van der Waals surface area contributed by atoms with Gasteiger partial charge >= 0.3 is 0 Å². The van der Waals surface area contributed by atoms with E-state index in [9.17, 15) is 9.18 Å². The van der Waals surface area contributed by atoms with Crippen molar-refractivity contribution in [3.63, 3.8) is 0 Å². The Hall–Kier alpha value is -1.07. The van der Waals surface area contributed by atoms with Crippen molar-refractivity contribution < 1.29 is 18.7 Å². The Bertz CT molecular complexity index is 540. The summed E-state index contributed by atoms with van der Waals surface area (Å²) in [6, 6.07) is 4.44. The molecule has 0 aliphatic carbocycles. The lowest BCUT2D eigenvalue weighted by Crippen LogP contribution is -2.42. The second-order valence-electron chi connectivity index (χ2n) is 5.73. The Labute approximate surface area is 128 Å². The lowest BCUT2D eigenvalue weighted by molar-refractivity contribution is -0.0735. The highest BCUT2D eigenvalue weighted by Gasteiger charge is 2.42. The molecule has 1 aromatic rings. The van der Waals surface area contributed by atoms with Crippen LogP contribution in [0.1, 0.15) is 29.6 Å². The predicted octanol–water partition coefficient (Wildman–Crippen LogP) is 3.32. The fourth-order valence-electron chi connectivity index (χ4n) is 3.16. The number of ketones is 1. The summed E-state index contributed by atoms with van der Waals surface area (Å²) < 4.78 is 25.0. The highest BCUT2D eigenvalue weighted by atomic mass is 32.2. The van der Waals surface area contributed by atoms with Crippen molar-refractivity contribution in [3.8, 4) is 5.75 Å². The molecule has 114 valence electrons. The number of benzene rings is 1. The van der Waals surface area contributed by atoms with E-state index in [4.69, 9.17) is 9.47 Å². The summed E-state index contributed by atoms with van der Waals surface area (Å²) in [6.07, 6.45) is 2.38. The average Bonchev–Trinajstić information content (AvgIpc) is 2.94. The largest absolute Gasteiger partial charge is 0.497 e. The third-order valence-corrected chi connectivity index (χ3v) is 5.60. The van der Waals surface area contributed by atoms with E-state index in [0.717, 1.165) is 17.9 Å². The third-order valence-electron chi connectivity index (χ3n) is 4.37. The molecule has 2 saturated heterocycles. The van der Waals surface area contributed by atoms with Crippen LogP contribution >= 0.6 is 11.8 Å². The molecule has 3 rings (SSSR count).